The van der Waals surface area contributed by atoms with Crippen molar-refractivity contribution in [1.29, 1.82) is 0 Å². The average molecular weight is 1210 g/mol. The average Bonchev–Trinajstić information content (AvgIpc) is 2.00. The zero-order valence-corrected chi connectivity index (χ0v) is 51.5. The molecule has 0 unspecified atom stereocenters. The molecule has 0 aromatic heterocycles. The van der Waals surface area contributed by atoms with Crippen LogP contribution in [-0.2, 0) is 38.0 Å². The second kappa shape index (κ2) is 45.5. The molecule has 496 valence electrons. The van der Waals surface area contributed by atoms with Crippen molar-refractivity contribution in [3.63, 3.8) is 0 Å². The minimum Gasteiger partial charge on any atom is -0.394 e. The van der Waals surface area contributed by atoms with E-state index in [1.165, 1.54) is 135 Å². The fraction of sp³-hybridized carbons (Fsp3) is 0.968. The van der Waals surface area contributed by atoms with E-state index < -0.39 is 155 Å². The van der Waals surface area contributed by atoms with Gasteiger partial charge < -0.3 is 100 Å². The minimum atomic E-state index is -2.03. The molecule has 3 fully saturated rings. The molecule has 0 spiro atoms. The second-order valence-corrected chi connectivity index (χ2v) is 24.3. The highest BCUT2D eigenvalue weighted by atomic mass is 16.8. The van der Waals surface area contributed by atoms with Gasteiger partial charge in [-0.1, -0.05) is 219 Å². The van der Waals surface area contributed by atoms with Crippen LogP contribution in [0, 0.1) is 0 Å². The maximum Gasteiger partial charge on any atom is 0.249 e. The van der Waals surface area contributed by atoms with Crippen molar-refractivity contribution in [3.8, 4) is 0 Å². The van der Waals surface area contributed by atoms with Gasteiger partial charge in [0.05, 0.1) is 38.6 Å². The third kappa shape index (κ3) is 28.4. The Morgan fingerprint density at radius 1 is 0.440 bits per heavy atom. The van der Waals surface area contributed by atoms with Gasteiger partial charge in [-0.05, 0) is 12.8 Å². The van der Waals surface area contributed by atoms with Crippen molar-refractivity contribution in [2.45, 2.75) is 355 Å². The van der Waals surface area contributed by atoms with Crippen LogP contribution in [0.15, 0.2) is 0 Å². The first kappa shape index (κ1) is 76.5. The van der Waals surface area contributed by atoms with Crippen LogP contribution in [0.2, 0.25) is 0 Å². The van der Waals surface area contributed by atoms with Gasteiger partial charge in [-0.3, -0.25) is 9.59 Å². The van der Waals surface area contributed by atoms with Gasteiger partial charge in [-0.2, -0.15) is 0 Å². The summed E-state index contributed by atoms with van der Waals surface area (Å²) < 4.78 is 36.0. The summed E-state index contributed by atoms with van der Waals surface area (Å²) >= 11 is 0. The van der Waals surface area contributed by atoms with Crippen LogP contribution in [-0.4, -0.2) is 216 Å². The first-order valence-electron chi connectivity index (χ1n) is 33.0. The molecule has 2 amide bonds. The van der Waals surface area contributed by atoms with Crippen LogP contribution >= 0.6 is 0 Å². The van der Waals surface area contributed by atoms with Gasteiger partial charge in [-0.15, -0.1) is 0 Å². The molecular formula is C62H118N2O20. The molecule has 19 atom stereocenters. The molecule has 0 bridgehead atoms. The predicted molar refractivity (Wildman–Crippen MR) is 315 cm³/mol. The highest BCUT2D eigenvalue weighted by molar-refractivity contribution is 5.80. The number of carbonyl (C=O) groups excluding carboxylic acids is 2. The Morgan fingerprint density at radius 2 is 0.810 bits per heavy atom. The highest BCUT2D eigenvalue weighted by Gasteiger charge is 2.55. The lowest BCUT2D eigenvalue weighted by Gasteiger charge is -2.49. The van der Waals surface area contributed by atoms with Gasteiger partial charge in [-0.25, -0.2) is 0 Å². The molecule has 22 heteroatoms. The summed E-state index contributed by atoms with van der Waals surface area (Å²) in [5.41, 5.74) is 0. The number of nitrogens with one attached hydrogen (secondary N) is 2. The normalized spacial score (nSPS) is 29.8. The fourth-order valence-electron chi connectivity index (χ4n) is 11.6. The van der Waals surface area contributed by atoms with E-state index in [2.05, 4.69) is 24.5 Å². The number of aliphatic hydroxyl groups is 12. The number of amides is 2. The summed E-state index contributed by atoms with van der Waals surface area (Å²) in [6.07, 6.45) is 7.87. The maximum absolute atomic E-state index is 13.8. The number of hydrogen-bond acceptors (Lipinski definition) is 20. The van der Waals surface area contributed by atoms with Crippen molar-refractivity contribution < 1.29 is 99.3 Å². The Kier molecular flexibility index (Phi) is 41.4. The maximum atomic E-state index is 13.8. The van der Waals surface area contributed by atoms with E-state index in [1.807, 2.05) is 0 Å². The predicted octanol–water partition coefficient (Wildman–Crippen LogP) is 4.47. The summed E-state index contributed by atoms with van der Waals surface area (Å²) in [7, 11) is 0. The van der Waals surface area contributed by atoms with Crippen LogP contribution in [0.25, 0.3) is 0 Å². The Hall–Kier alpha value is -1.78. The van der Waals surface area contributed by atoms with Crippen LogP contribution in [0.4, 0.5) is 0 Å². The van der Waals surface area contributed by atoms with E-state index in [0.29, 0.717) is 12.8 Å². The molecule has 3 aliphatic rings. The lowest BCUT2D eigenvalue weighted by Crippen LogP contribution is -2.69. The molecule has 3 rings (SSSR count). The van der Waals surface area contributed by atoms with Crippen molar-refractivity contribution in [2.24, 2.45) is 0 Å². The Labute approximate surface area is 502 Å². The number of hydrogen-bond donors (Lipinski definition) is 14. The second-order valence-electron chi connectivity index (χ2n) is 24.3. The standard InChI is InChI=1S/C62H118N2O20/c1-4-6-8-10-12-14-16-17-18-19-20-21-22-23-24-25-27-29-31-33-35-37-45(70)59(78)64-43(50(71)44(69)36-34-32-30-28-26-15-13-11-9-7-5-2)41-79-62-58(84-61-56(77)55(76)52(73)47(39-66)81-61)57(53(74)48(40-67)82-62)83-60-49(63-42(3)68)54(75)51(72)46(38-65)80-60/h43-58,60-62,65-67,69-77H,4-41H2,1-3H3,(H,63,68)(H,64,78)/t43-,44+,45+,46+,47+,48+,49+,50-,51-,52-,53-,54+,55-,56+,57-,58+,60+,61+,62-/m0/s1. The Bertz CT molecular complexity index is 1640. The fourth-order valence-corrected chi connectivity index (χ4v) is 11.6. The van der Waals surface area contributed by atoms with E-state index in [9.17, 15) is 70.9 Å². The summed E-state index contributed by atoms with van der Waals surface area (Å²) in [6, 6.07) is -3.01. The molecule has 14 N–H and O–H groups in total. The van der Waals surface area contributed by atoms with E-state index in [-0.39, 0.29) is 12.8 Å². The number of carbonyl (C=O) groups is 2. The molecule has 0 aromatic carbocycles. The SMILES string of the molecule is CCCCCCCCCCCCCCCCCCCCCCC[C@@H](O)C(=O)N[C@@H](CO[C@H]1O[C@H](CO)[C@H](O)[C@H](O[C@H]2O[C@H](CO)[C@H](O)[C@H](O)[C@H]2NC(C)=O)[C@H]1O[C@H]1O[C@H](CO)[C@H](O)[C@H](O)[C@H]1O)[C@H](O)[C@H](O)CCCCCCCCCCCCC. The van der Waals surface area contributed by atoms with Gasteiger partial charge in [0.2, 0.25) is 11.8 Å². The van der Waals surface area contributed by atoms with Gasteiger partial charge in [0, 0.05) is 6.92 Å². The largest absolute Gasteiger partial charge is 0.394 e. The highest BCUT2D eigenvalue weighted by Crippen LogP contribution is 2.34. The molecule has 0 aliphatic carbocycles. The van der Waals surface area contributed by atoms with Crippen molar-refractivity contribution in [1.82, 2.24) is 10.6 Å². The molecule has 3 heterocycles. The first-order valence-corrected chi connectivity index (χ1v) is 33.0. The molecule has 84 heavy (non-hydrogen) atoms. The Morgan fingerprint density at radius 3 is 1.24 bits per heavy atom. The molecule has 0 radical (unpaired) electrons. The quantitative estimate of drug-likeness (QED) is 0.0374. The topological polar surface area (TPSA) is 356 Å². The van der Waals surface area contributed by atoms with E-state index >= 15 is 0 Å². The monoisotopic (exact) mass is 1210 g/mol. The van der Waals surface area contributed by atoms with E-state index in [4.69, 9.17) is 28.4 Å². The summed E-state index contributed by atoms with van der Waals surface area (Å²) in [5.74, 6) is -1.56. The van der Waals surface area contributed by atoms with Crippen LogP contribution in [0.1, 0.15) is 239 Å². The van der Waals surface area contributed by atoms with Crippen molar-refractivity contribution >= 4 is 11.8 Å². The van der Waals surface area contributed by atoms with E-state index in [0.717, 1.165) is 64.7 Å². The molecule has 0 aromatic rings. The Balaban J connectivity index is 1.70. The van der Waals surface area contributed by atoms with E-state index in [1.54, 1.807) is 0 Å². The number of aliphatic hydroxyl groups excluding tert-OH is 12. The lowest BCUT2D eigenvalue weighted by molar-refractivity contribution is -0.387. The zero-order valence-electron chi connectivity index (χ0n) is 51.5. The van der Waals surface area contributed by atoms with Crippen LogP contribution in [0.5, 0.6) is 0 Å². The smallest absolute Gasteiger partial charge is 0.249 e. The zero-order chi connectivity index (χ0) is 61.7. The molecule has 0 saturated carbocycles. The van der Waals surface area contributed by atoms with Gasteiger partial charge in [0.1, 0.15) is 85.4 Å². The first-order chi connectivity index (χ1) is 40.5. The van der Waals surface area contributed by atoms with Gasteiger partial charge in [0.25, 0.3) is 0 Å². The van der Waals surface area contributed by atoms with Crippen molar-refractivity contribution in [2.75, 3.05) is 26.4 Å². The van der Waals surface area contributed by atoms with Gasteiger partial charge >= 0.3 is 0 Å². The number of unbranched alkanes of at least 4 members (excludes halogenated alkanes) is 30. The molecule has 22 nitrogen and oxygen atoms in total. The third-order valence-corrected chi connectivity index (χ3v) is 17.0. The van der Waals surface area contributed by atoms with Gasteiger partial charge in [0.15, 0.2) is 18.9 Å². The third-order valence-electron chi connectivity index (χ3n) is 17.0. The summed E-state index contributed by atoms with van der Waals surface area (Å²) in [6.45, 7) is 2.26. The van der Waals surface area contributed by atoms with Crippen molar-refractivity contribution in [3.05, 3.63) is 0 Å². The molecule has 3 saturated heterocycles. The number of rotatable bonds is 49. The minimum absolute atomic E-state index is 0.122. The lowest BCUT2D eigenvalue weighted by atomic mass is 9.95. The summed E-state index contributed by atoms with van der Waals surface area (Å²) in [4.78, 5) is 26.1. The molecular weight excluding hydrogens is 1090 g/mol. The summed E-state index contributed by atoms with van der Waals surface area (Å²) in [5, 5.41) is 136. The molecule has 3 aliphatic heterocycles. The number of ether oxygens (including phenoxy) is 6. The van der Waals surface area contributed by atoms with Crippen LogP contribution in [0.3, 0.4) is 0 Å². The van der Waals surface area contributed by atoms with Crippen LogP contribution < -0.4 is 10.6 Å².